The number of methoxy groups -OCH3 is 1. The van der Waals surface area contributed by atoms with Crippen molar-refractivity contribution in [2.75, 3.05) is 43.2 Å². The number of carbonyl (C=O) groups is 1. The van der Waals surface area contributed by atoms with Crippen molar-refractivity contribution in [1.82, 2.24) is 10.2 Å². The highest BCUT2D eigenvalue weighted by Gasteiger charge is 2.04. The van der Waals surface area contributed by atoms with Gasteiger partial charge in [-0.3, -0.25) is 9.69 Å². The van der Waals surface area contributed by atoms with Crippen LogP contribution in [0.4, 0.5) is 5.69 Å². The van der Waals surface area contributed by atoms with Crippen molar-refractivity contribution in [2.45, 2.75) is 13.3 Å². The summed E-state index contributed by atoms with van der Waals surface area (Å²) in [4.78, 5) is 14.4. The lowest BCUT2D eigenvalue weighted by Gasteiger charge is -2.17. The molecular formula is C23H30IN3O2. The van der Waals surface area contributed by atoms with Gasteiger partial charge in [-0.1, -0.05) is 65.1 Å². The molecule has 0 saturated carbocycles. The van der Waals surface area contributed by atoms with E-state index in [2.05, 4.69) is 50.3 Å². The molecule has 0 aliphatic heterocycles. The van der Waals surface area contributed by atoms with Gasteiger partial charge in [0.1, 0.15) is 5.75 Å². The Hall–Kier alpha value is -1.90. The van der Waals surface area contributed by atoms with E-state index < -0.39 is 0 Å². The Balaban J connectivity index is 1.64. The minimum absolute atomic E-state index is 0.0357. The van der Waals surface area contributed by atoms with E-state index in [0.29, 0.717) is 13.0 Å². The summed E-state index contributed by atoms with van der Waals surface area (Å²) in [7, 11) is 1.69. The number of alkyl halides is 1. The van der Waals surface area contributed by atoms with Crippen LogP contribution in [0.25, 0.3) is 6.08 Å². The van der Waals surface area contributed by atoms with Crippen molar-refractivity contribution in [3.05, 3.63) is 65.7 Å². The molecule has 0 spiro atoms. The van der Waals surface area contributed by atoms with Crippen molar-refractivity contribution in [3.8, 4) is 5.75 Å². The van der Waals surface area contributed by atoms with Gasteiger partial charge in [-0.2, -0.15) is 0 Å². The zero-order chi connectivity index (χ0) is 20.9. The second-order valence-electron chi connectivity index (χ2n) is 6.76. The van der Waals surface area contributed by atoms with Crippen LogP contribution in [0.5, 0.6) is 5.75 Å². The van der Waals surface area contributed by atoms with E-state index in [0.717, 1.165) is 46.7 Å². The summed E-state index contributed by atoms with van der Waals surface area (Å²) in [6, 6.07) is 15.8. The van der Waals surface area contributed by atoms with Gasteiger partial charge in [0.05, 0.1) is 11.7 Å². The highest BCUT2D eigenvalue weighted by molar-refractivity contribution is 14.1. The van der Waals surface area contributed by atoms with Gasteiger partial charge in [0.25, 0.3) is 0 Å². The van der Waals surface area contributed by atoms with E-state index in [1.165, 1.54) is 0 Å². The number of ether oxygens (including phenoxy) is 1. The summed E-state index contributed by atoms with van der Waals surface area (Å²) in [5, 5.41) is 6.29. The number of aryl methyl sites for hydroxylation is 1. The Morgan fingerprint density at radius 1 is 1.17 bits per heavy atom. The molecule has 5 nitrogen and oxygen atoms in total. The summed E-state index contributed by atoms with van der Waals surface area (Å²) >= 11 is 2.38. The molecule has 29 heavy (non-hydrogen) atoms. The third-order valence-corrected chi connectivity index (χ3v) is 5.37. The van der Waals surface area contributed by atoms with E-state index >= 15 is 0 Å². The number of nitrogens with one attached hydrogen (secondary N) is 2. The molecule has 0 atom stereocenters. The molecule has 0 bridgehead atoms. The van der Waals surface area contributed by atoms with E-state index in [1.54, 1.807) is 7.11 Å². The first-order valence-corrected chi connectivity index (χ1v) is 11.3. The molecule has 1 amide bonds. The molecule has 0 heterocycles. The maximum absolute atomic E-state index is 12.0. The first-order valence-electron chi connectivity index (χ1n) is 9.77. The van der Waals surface area contributed by atoms with Crippen LogP contribution in [0.15, 0.2) is 54.6 Å². The number of amides is 1. The lowest BCUT2D eigenvalue weighted by molar-refractivity contribution is -0.116. The van der Waals surface area contributed by atoms with Crippen LogP contribution in [-0.4, -0.2) is 48.6 Å². The molecular weight excluding hydrogens is 477 g/mol. The number of hydrogen-bond acceptors (Lipinski definition) is 4. The third-order valence-electron chi connectivity index (χ3n) is 4.40. The van der Waals surface area contributed by atoms with Crippen LogP contribution in [0, 0.1) is 6.92 Å². The normalized spacial score (nSPS) is 11.2. The lowest BCUT2D eigenvalue weighted by Crippen LogP contribution is -2.32. The maximum atomic E-state index is 12.0. The molecule has 2 rings (SSSR count). The average Bonchev–Trinajstić information content (AvgIpc) is 2.72. The molecule has 0 aromatic heterocycles. The number of carbonyl (C=O) groups excluding carboxylic acids is 1. The Morgan fingerprint density at radius 3 is 2.76 bits per heavy atom. The average molecular weight is 507 g/mol. The van der Waals surface area contributed by atoms with Gasteiger partial charge in [0.15, 0.2) is 0 Å². The second-order valence-corrected chi connectivity index (χ2v) is 7.44. The van der Waals surface area contributed by atoms with Gasteiger partial charge >= 0.3 is 0 Å². The predicted octanol–water partition coefficient (Wildman–Crippen LogP) is 4.33. The summed E-state index contributed by atoms with van der Waals surface area (Å²) in [6.07, 6.45) is 4.72. The molecule has 0 aliphatic carbocycles. The van der Waals surface area contributed by atoms with Crippen LogP contribution in [0.3, 0.4) is 0 Å². The van der Waals surface area contributed by atoms with E-state index in [9.17, 15) is 4.79 Å². The Kier molecular flexibility index (Phi) is 10.8. The van der Waals surface area contributed by atoms with Crippen molar-refractivity contribution in [3.63, 3.8) is 0 Å². The first-order chi connectivity index (χ1) is 14.1. The Morgan fingerprint density at radius 2 is 2.00 bits per heavy atom. The van der Waals surface area contributed by atoms with Crippen molar-refractivity contribution in [2.24, 2.45) is 0 Å². The lowest BCUT2D eigenvalue weighted by atomic mass is 10.2. The first kappa shape index (κ1) is 23.4. The second kappa shape index (κ2) is 13.3. The van der Waals surface area contributed by atoms with Crippen molar-refractivity contribution < 1.29 is 9.53 Å². The summed E-state index contributed by atoms with van der Waals surface area (Å²) < 4.78 is 6.32. The molecule has 2 N–H and O–H groups in total. The Bertz CT molecular complexity index is 795. The molecule has 156 valence electrons. The van der Waals surface area contributed by atoms with E-state index in [4.69, 9.17) is 4.74 Å². The standard InChI is InChI=1S/C23H30IN3O2/c1-19-7-5-10-21(17-19)26-23(28)12-13-25-14-16-27(18-24)15-6-9-20-8-3-4-11-22(20)29-2/h3-11,17,25H,12-16,18H2,1-2H3,(H,26,28)/b9-6+. The van der Waals surface area contributed by atoms with Crippen molar-refractivity contribution in [1.29, 1.82) is 0 Å². The number of hydrogen-bond donors (Lipinski definition) is 2. The summed E-state index contributed by atoms with van der Waals surface area (Å²) in [5.74, 6) is 0.920. The fraction of sp³-hybridized carbons (Fsp3) is 0.348. The van der Waals surface area contributed by atoms with Gasteiger partial charge in [-0.15, -0.1) is 0 Å². The van der Waals surface area contributed by atoms with Crippen LogP contribution in [0.2, 0.25) is 0 Å². The number of para-hydroxylation sites is 1. The van der Waals surface area contributed by atoms with Gasteiger partial charge in [0, 0.05) is 43.9 Å². The number of benzene rings is 2. The topological polar surface area (TPSA) is 53.6 Å². The smallest absolute Gasteiger partial charge is 0.225 e. The molecule has 0 fully saturated rings. The largest absolute Gasteiger partial charge is 0.496 e. The van der Waals surface area contributed by atoms with Crippen LogP contribution >= 0.6 is 22.6 Å². The number of anilines is 1. The third kappa shape index (κ3) is 8.97. The highest BCUT2D eigenvalue weighted by Crippen LogP contribution is 2.18. The van der Waals surface area contributed by atoms with Gasteiger partial charge in [-0.05, 0) is 30.7 Å². The zero-order valence-electron chi connectivity index (χ0n) is 17.2. The monoisotopic (exact) mass is 507 g/mol. The van der Waals surface area contributed by atoms with Crippen LogP contribution in [-0.2, 0) is 4.79 Å². The molecule has 2 aromatic rings. The SMILES string of the molecule is COc1ccccc1/C=C/CN(CI)CCNCCC(=O)Nc1cccc(C)c1. The van der Waals surface area contributed by atoms with Crippen LogP contribution in [0.1, 0.15) is 17.5 Å². The van der Waals surface area contributed by atoms with Gasteiger partial charge in [0.2, 0.25) is 5.91 Å². The summed E-state index contributed by atoms with van der Waals surface area (Å²) in [6.45, 7) is 5.34. The molecule has 2 aromatic carbocycles. The quantitative estimate of drug-likeness (QED) is 0.194. The predicted molar refractivity (Wildman–Crippen MR) is 130 cm³/mol. The zero-order valence-corrected chi connectivity index (χ0v) is 19.3. The minimum atomic E-state index is 0.0357. The molecule has 0 saturated heterocycles. The maximum Gasteiger partial charge on any atom is 0.225 e. The number of halogens is 1. The molecule has 0 radical (unpaired) electrons. The molecule has 6 heteroatoms. The fourth-order valence-corrected chi connectivity index (χ4v) is 3.46. The fourth-order valence-electron chi connectivity index (χ4n) is 2.84. The number of nitrogens with zero attached hydrogens (tertiary/aromatic N) is 1. The number of rotatable bonds is 12. The van der Waals surface area contributed by atoms with Gasteiger partial charge < -0.3 is 15.4 Å². The van der Waals surface area contributed by atoms with E-state index in [-0.39, 0.29) is 5.91 Å². The van der Waals surface area contributed by atoms with Crippen LogP contribution < -0.4 is 15.4 Å². The Labute approximate surface area is 187 Å². The molecule has 0 unspecified atom stereocenters. The highest BCUT2D eigenvalue weighted by atomic mass is 127. The molecule has 0 aliphatic rings. The minimum Gasteiger partial charge on any atom is -0.496 e. The van der Waals surface area contributed by atoms with Crippen molar-refractivity contribution >= 4 is 40.3 Å². The summed E-state index contributed by atoms with van der Waals surface area (Å²) in [5.41, 5.74) is 3.08. The van der Waals surface area contributed by atoms with E-state index in [1.807, 2.05) is 55.5 Å². The van der Waals surface area contributed by atoms with Gasteiger partial charge in [-0.25, -0.2) is 0 Å².